The van der Waals surface area contributed by atoms with E-state index in [9.17, 15) is 4.79 Å². The Balaban J connectivity index is 1.75. The maximum Gasteiger partial charge on any atom is 0.311 e. The van der Waals surface area contributed by atoms with Gasteiger partial charge in [0.2, 0.25) is 0 Å². The lowest BCUT2D eigenvalue weighted by Crippen LogP contribution is -2.32. The van der Waals surface area contributed by atoms with Gasteiger partial charge in [-0.1, -0.05) is 82.5 Å². The van der Waals surface area contributed by atoms with Gasteiger partial charge < -0.3 is 9.47 Å². The van der Waals surface area contributed by atoms with Crippen LogP contribution >= 0.6 is 0 Å². The molecule has 0 aliphatic rings. The van der Waals surface area contributed by atoms with Gasteiger partial charge in [-0.3, -0.25) is 4.79 Å². The molecule has 0 aliphatic heterocycles. The lowest BCUT2D eigenvalue weighted by atomic mass is 9.72. The van der Waals surface area contributed by atoms with Crippen LogP contribution in [0, 0.1) is 10.8 Å². The Labute approximate surface area is 189 Å². The first-order valence-corrected chi connectivity index (χ1v) is 11.6. The Kier molecular flexibility index (Phi) is 9.61. The second-order valence-electron chi connectivity index (χ2n) is 9.99. The molecule has 0 bridgehead atoms. The smallest absolute Gasteiger partial charge is 0.311 e. The van der Waals surface area contributed by atoms with Crippen LogP contribution in [-0.4, -0.2) is 12.6 Å². The molecule has 0 amide bonds. The van der Waals surface area contributed by atoms with Gasteiger partial charge in [-0.2, -0.15) is 0 Å². The summed E-state index contributed by atoms with van der Waals surface area (Å²) in [6.45, 7) is 11.7. The summed E-state index contributed by atoms with van der Waals surface area (Å²) in [5, 5.41) is 0. The maximum absolute atomic E-state index is 12.7. The Bertz CT molecular complexity index is 776. The highest BCUT2D eigenvalue weighted by Gasteiger charge is 2.35. The highest BCUT2D eigenvalue weighted by molar-refractivity contribution is 5.76. The van der Waals surface area contributed by atoms with E-state index in [-0.39, 0.29) is 11.4 Å². The third-order valence-corrected chi connectivity index (χ3v) is 5.73. The van der Waals surface area contributed by atoms with E-state index in [0.717, 1.165) is 29.7 Å². The summed E-state index contributed by atoms with van der Waals surface area (Å²) in [6.07, 6.45) is 6.40. The van der Waals surface area contributed by atoms with E-state index in [1.807, 2.05) is 56.3 Å². The average molecular weight is 425 g/mol. The molecule has 170 valence electrons. The van der Waals surface area contributed by atoms with Crippen molar-refractivity contribution in [1.29, 1.82) is 0 Å². The maximum atomic E-state index is 12.7. The summed E-state index contributed by atoms with van der Waals surface area (Å²) < 4.78 is 11.5. The lowest BCUT2D eigenvalue weighted by Gasteiger charge is -2.33. The molecule has 0 heterocycles. The van der Waals surface area contributed by atoms with Crippen molar-refractivity contribution in [1.82, 2.24) is 0 Å². The standard InChI is InChI=1S/C28H40O3/c1-6-7-11-19-27(2,3)22-28(4,5)26(29)30-20-18-23-14-16-25(17-15-23)31-21-24-12-9-8-10-13-24/h8-10,12-17H,6-7,11,18-22H2,1-5H3. The number of hydrogen-bond donors (Lipinski definition) is 0. The summed E-state index contributed by atoms with van der Waals surface area (Å²) in [5.74, 6) is 0.745. The van der Waals surface area contributed by atoms with Gasteiger partial charge in [0.15, 0.2) is 0 Å². The molecule has 31 heavy (non-hydrogen) atoms. The highest BCUT2D eigenvalue weighted by Crippen LogP contribution is 2.38. The minimum absolute atomic E-state index is 0.0983. The zero-order valence-electron chi connectivity index (χ0n) is 20.1. The van der Waals surface area contributed by atoms with Crippen LogP contribution in [0.2, 0.25) is 0 Å². The number of benzene rings is 2. The molecule has 0 saturated carbocycles. The van der Waals surface area contributed by atoms with Crippen molar-refractivity contribution in [3.8, 4) is 5.75 Å². The number of esters is 1. The van der Waals surface area contributed by atoms with Gasteiger partial charge in [-0.15, -0.1) is 0 Å². The van der Waals surface area contributed by atoms with E-state index in [1.165, 1.54) is 19.3 Å². The molecular weight excluding hydrogens is 384 g/mol. The zero-order chi connectivity index (χ0) is 22.7. The predicted molar refractivity (Wildman–Crippen MR) is 128 cm³/mol. The zero-order valence-corrected chi connectivity index (χ0v) is 20.1. The van der Waals surface area contributed by atoms with Crippen LogP contribution in [-0.2, 0) is 22.6 Å². The first-order chi connectivity index (χ1) is 14.7. The summed E-state index contributed by atoms with van der Waals surface area (Å²) in [5.41, 5.74) is 1.96. The van der Waals surface area contributed by atoms with Gasteiger partial charge >= 0.3 is 5.97 Å². The van der Waals surface area contributed by atoms with Gasteiger partial charge in [0.05, 0.1) is 12.0 Å². The number of carbonyl (C=O) groups excluding carboxylic acids is 1. The van der Waals surface area contributed by atoms with Crippen LogP contribution < -0.4 is 4.74 Å². The summed E-state index contributed by atoms with van der Waals surface area (Å²) >= 11 is 0. The largest absolute Gasteiger partial charge is 0.489 e. The van der Waals surface area contributed by atoms with Crippen LogP contribution in [0.4, 0.5) is 0 Å². The van der Waals surface area contributed by atoms with Gasteiger partial charge in [-0.05, 0) is 55.4 Å². The highest BCUT2D eigenvalue weighted by atomic mass is 16.5. The van der Waals surface area contributed by atoms with E-state index >= 15 is 0 Å². The van der Waals surface area contributed by atoms with Crippen LogP contribution in [0.15, 0.2) is 54.6 Å². The fourth-order valence-electron chi connectivity index (χ4n) is 4.16. The van der Waals surface area contributed by atoms with Gasteiger partial charge in [0, 0.05) is 6.42 Å². The molecular formula is C28H40O3. The minimum Gasteiger partial charge on any atom is -0.489 e. The molecule has 0 aromatic heterocycles. The van der Waals surface area contributed by atoms with E-state index in [0.29, 0.717) is 19.6 Å². The van der Waals surface area contributed by atoms with Crippen molar-refractivity contribution < 1.29 is 14.3 Å². The van der Waals surface area contributed by atoms with Crippen molar-refractivity contribution in [3.63, 3.8) is 0 Å². The van der Waals surface area contributed by atoms with E-state index < -0.39 is 5.41 Å². The molecule has 0 radical (unpaired) electrons. The molecule has 2 aromatic carbocycles. The normalized spacial score (nSPS) is 11.9. The Hall–Kier alpha value is -2.29. The molecule has 0 unspecified atom stereocenters. The van der Waals surface area contributed by atoms with Gasteiger partial charge in [0.25, 0.3) is 0 Å². The average Bonchev–Trinajstić information content (AvgIpc) is 2.73. The fraction of sp³-hybridized carbons (Fsp3) is 0.536. The molecule has 3 heteroatoms. The number of hydrogen-bond acceptors (Lipinski definition) is 3. The number of unbranched alkanes of at least 4 members (excludes halogenated alkanes) is 2. The molecule has 0 aliphatic carbocycles. The molecule has 0 spiro atoms. The monoisotopic (exact) mass is 424 g/mol. The first kappa shape index (κ1) is 25.0. The molecule has 2 aromatic rings. The molecule has 3 nitrogen and oxygen atoms in total. The van der Waals surface area contributed by atoms with Crippen molar-refractivity contribution >= 4 is 5.97 Å². The van der Waals surface area contributed by atoms with Crippen LogP contribution in [0.1, 0.15) is 77.8 Å². The third kappa shape index (κ3) is 9.16. The number of rotatable bonds is 13. The van der Waals surface area contributed by atoms with Gasteiger partial charge in [-0.25, -0.2) is 0 Å². The quantitative estimate of drug-likeness (QED) is 0.249. The SMILES string of the molecule is CCCCCC(C)(C)CC(C)(C)C(=O)OCCc1ccc(OCc2ccccc2)cc1. The third-order valence-electron chi connectivity index (χ3n) is 5.73. The summed E-state index contributed by atoms with van der Waals surface area (Å²) in [7, 11) is 0. The molecule has 0 N–H and O–H groups in total. The van der Waals surface area contributed by atoms with Crippen LogP contribution in [0.5, 0.6) is 5.75 Å². The predicted octanol–water partition coefficient (Wildman–Crippen LogP) is 7.37. The van der Waals surface area contributed by atoms with Gasteiger partial charge in [0.1, 0.15) is 12.4 Å². The van der Waals surface area contributed by atoms with E-state index in [2.05, 4.69) is 32.9 Å². The van der Waals surface area contributed by atoms with Crippen molar-refractivity contribution in [3.05, 3.63) is 65.7 Å². The Morgan fingerprint density at radius 1 is 0.871 bits per heavy atom. The topological polar surface area (TPSA) is 35.5 Å². The Morgan fingerprint density at radius 2 is 1.55 bits per heavy atom. The second kappa shape index (κ2) is 11.9. The Morgan fingerprint density at radius 3 is 2.19 bits per heavy atom. The number of ether oxygens (including phenoxy) is 2. The summed E-state index contributed by atoms with van der Waals surface area (Å²) in [6, 6.07) is 18.2. The van der Waals surface area contributed by atoms with Crippen molar-refractivity contribution in [2.24, 2.45) is 10.8 Å². The number of carbonyl (C=O) groups is 1. The first-order valence-electron chi connectivity index (χ1n) is 11.6. The van der Waals surface area contributed by atoms with Crippen LogP contribution in [0.3, 0.4) is 0 Å². The van der Waals surface area contributed by atoms with E-state index in [1.54, 1.807) is 0 Å². The molecule has 0 fully saturated rings. The van der Waals surface area contributed by atoms with E-state index in [4.69, 9.17) is 9.47 Å². The molecule has 0 atom stereocenters. The van der Waals surface area contributed by atoms with Crippen LogP contribution in [0.25, 0.3) is 0 Å². The fourth-order valence-corrected chi connectivity index (χ4v) is 4.16. The lowest BCUT2D eigenvalue weighted by molar-refractivity contribution is -0.155. The minimum atomic E-state index is -0.467. The second-order valence-corrected chi connectivity index (χ2v) is 9.99. The molecule has 0 saturated heterocycles. The van der Waals surface area contributed by atoms with Crippen molar-refractivity contribution in [2.75, 3.05) is 6.61 Å². The van der Waals surface area contributed by atoms with Crippen molar-refractivity contribution in [2.45, 2.75) is 79.8 Å². The summed E-state index contributed by atoms with van der Waals surface area (Å²) in [4.78, 5) is 12.7. The molecule has 2 rings (SSSR count).